The molecule has 7 heteroatoms. The number of nitrogens with one attached hydrogen (secondary N) is 1. The Hall–Kier alpha value is -3.84. The molecule has 2 N–H and O–H groups in total. The number of carbonyl (C=O) groups excluding carboxylic acids is 1. The molecule has 0 radical (unpaired) electrons. The van der Waals surface area contributed by atoms with Gasteiger partial charge in [-0.05, 0) is 42.0 Å². The number of phenolic OH excluding ortho intramolecular Hbond substituents is 1. The van der Waals surface area contributed by atoms with E-state index in [-0.39, 0.29) is 11.7 Å². The first-order chi connectivity index (χ1) is 16.1. The van der Waals surface area contributed by atoms with E-state index in [2.05, 4.69) is 44.6 Å². The van der Waals surface area contributed by atoms with Crippen molar-refractivity contribution < 1.29 is 14.6 Å². The largest absolute Gasteiger partial charge is 0.504 e. The van der Waals surface area contributed by atoms with Crippen molar-refractivity contribution in [3.8, 4) is 11.5 Å². The van der Waals surface area contributed by atoms with Crippen LogP contribution in [0.25, 0.3) is 0 Å². The summed E-state index contributed by atoms with van der Waals surface area (Å²) in [6.45, 7) is 4.88. The fourth-order valence-electron chi connectivity index (χ4n) is 3.86. The van der Waals surface area contributed by atoms with Crippen LogP contribution in [0.2, 0.25) is 0 Å². The van der Waals surface area contributed by atoms with Crippen LogP contribution in [0.5, 0.6) is 11.5 Å². The van der Waals surface area contributed by atoms with Crippen molar-refractivity contribution in [2.45, 2.75) is 6.54 Å². The molecule has 170 valence electrons. The summed E-state index contributed by atoms with van der Waals surface area (Å²) in [7, 11) is 1.48. The third-order valence-corrected chi connectivity index (χ3v) is 5.74. The maximum atomic E-state index is 12.4. The Morgan fingerprint density at radius 2 is 1.73 bits per heavy atom. The molecule has 0 atom stereocenters. The van der Waals surface area contributed by atoms with Gasteiger partial charge in [0.1, 0.15) is 0 Å². The van der Waals surface area contributed by atoms with E-state index in [1.165, 1.54) is 24.6 Å². The Morgan fingerprint density at radius 3 is 2.42 bits per heavy atom. The number of piperazine rings is 1. The summed E-state index contributed by atoms with van der Waals surface area (Å²) >= 11 is 0. The zero-order valence-electron chi connectivity index (χ0n) is 18.6. The number of para-hydroxylation sites is 2. The van der Waals surface area contributed by atoms with Gasteiger partial charge in [-0.2, -0.15) is 5.10 Å². The van der Waals surface area contributed by atoms with Gasteiger partial charge in [0.05, 0.1) is 13.3 Å². The van der Waals surface area contributed by atoms with Gasteiger partial charge in [0.2, 0.25) is 0 Å². The molecule has 4 rings (SSSR count). The number of benzene rings is 3. The van der Waals surface area contributed by atoms with Gasteiger partial charge in [0.15, 0.2) is 11.5 Å². The Morgan fingerprint density at radius 1 is 1.00 bits per heavy atom. The number of hydrogen-bond donors (Lipinski definition) is 2. The minimum absolute atomic E-state index is 0.0213. The zero-order chi connectivity index (χ0) is 23.0. The predicted octanol–water partition coefficient (Wildman–Crippen LogP) is 3.49. The number of ether oxygens (including phenoxy) is 1. The fraction of sp³-hybridized carbons (Fsp3) is 0.231. The highest BCUT2D eigenvalue weighted by atomic mass is 16.5. The molecule has 0 saturated carbocycles. The number of hydrazone groups is 1. The lowest BCUT2D eigenvalue weighted by Crippen LogP contribution is -2.45. The van der Waals surface area contributed by atoms with Gasteiger partial charge in [-0.3, -0.25) is 9.69 Å². The molecule has 1 amide bonds. The third kappa shape index (κ3) is 5.70. The number of anilines is 1. The second kappa shape index (κ2) is 10.7. The minimum Gasteiger partial charge on any atom is -0.504 e. The van der Waals surface area contributed by atoms with Crippen molar-refractivity contribution in [1.29, 1.82) is 0 Å². The topological polar surface area (TPSA) is 77.4 Å². The van der Waals surface area contributed by atoms with Crippen LogP contribution in [-0.4, -0.2) is 55.4 Å². The molecule has 1 aliphatic rings. The van der Waals surface area contributed by atoms with E-state index in [0.717, 1.165) is 32.7 Å². The quantitative estimate of drug-likeness (QED) is 0.431. The highest BCUT2D eigenvalue weighted by Gasteiger charge is 2.17. The molecule has 0 aromatic heterocycles. The zero-order valence-corrected chi connectivity index (χ0v) is 18.6. The van der Waals surface area contributed by atoms with Gasteiger partial charge in [0, 0.05) is 49.5 Å². The second-order valence-corrected chi connectivity index (χ2v) is 7.89. The van der Waals surface area contributed by atoms with Gasteiger partial charge in [-0.15, -0.1) is 0 Å². The summed E-state index contributed by atoms with van der Waals surface area (Å²) in [6.07, 6.45) is 1.39. The van der Waals surface area contributed by atoms with Crippen molar-refractivity contribution >= 4 is 17.8 Å². The summed E-state index contributed by atoms with van der Waals surface area (Å²) < 4.78 is 5.07. The second-order valence-electron chi connectivity index (χ2n) is 7.89. The highest BCUT2D eigenvalue weighted by Crippen LogP contribution is 2.27. The first-order valence-electron chi connectivity index (χ1n) is 10.9. The van der Waals surface area contributed by atoms with E-state index in [4.69, 9.17) is 4.74 Å². The number of nitrogens with zero attached hydrogens (tertiary/aromatic N) is 3. The lowest BCUT2D eigenvalue weighted by Gasteiger charge is -2.36. The third-order valence-electron chi connectivity index (χ3n) is 5.74. The molecule has 33 heavy (non-hydrogen) atoms. The molecule has 3 aromatic rings. The maximum Gasteiger partial charge on any atom is 0.271 e. The first-order valence-corrected chi connectivity index (χ1v) is 10.9. The first kappa shape index (κ1) is 22.4. The summed E-state index contributed by atoms with van der Waals surface area (Å²) in [4.78, 5) is 17.2. The lowest BCUT2D eigenvalue weighted by atomic mass is 10.1. The van der Waals surface area contributed by atoms with Crippen molar-refractivity contribution in [3.05, 3.63) is 89.5 Å². The lowest BCUT2D eigenvalue weighted by molar-refractivity contribution is 0.0955. The molecule has 3 aromatic carbocycles. The van der Waals surface area contributed by atoms with Crippen LogP contribution in [0.1, 0.15) is 21.5 Å². The number of rotatable bonds is 7. The van der Waals surface area contributed by atoms with E-state index in [9.17, 15) is 9.90 Å². The molecule has 0 unspecified atom stereocenters. The van der Waals surface area contributed by atoms with E-state index in [0.29, 0.717) is 16.9 Å². The van der Waals surface area contributed by atoms with Crippen molar-refractivity contribution in [2.24, 2.45) is 5.10 Å². The molecule has 0 bridgehead atoms. The average molecular weight is 445 g/mol. The van der Waals surface area contributed by atoms with E-state index in [1.807, 2.05) is 30.3 Å². The fourth-order valence-corrected chi connectivity index (χ4v) is 3.86. The number of amides is 1. The molecule has 1 heterocycles. The molecule has 1 fully saturated rings. The SMILES string of the molecule is COc1cccc(C=NNC(=O)c2ccc(CN3CCN(c4ccccc4)CC3)cc2)c1O. The summed E-state index contributed by atoms with van der Waals surface area (Å²) in [6, 6.07) is 23.2. The Balaban J connectivity index is 1.27. The van der Waals surface area contributed by atoms with E-state index in [1.54, 1.807) is 18.2 Å². The number of methoxy groups -OCH3 is 1. The predicted molar refractivity (Wildman–Crippen MR) is 130 cm³/mol. The van der Waals surface area contributed by atoms with Gasteiger partial charge in [-0.25, -0.2) is 5.43 Å². The normalized spacial score (nSPS) is 14.4. The monoisotopic (exact) mass is 444 g/mol. The highest BCUT2D eigenvalue weighted by molar-refractivity contribution is 5.95. The summed E-state index contributed by atoms with van der Waals surface area (Å²) in [5.74, 6) is 0.0194. The Kier molecular flexibility index (Phi) is 7.22. The smallest absolute Gasteiger partial charge is 0.271 e. The molecule has 0 aliphatic carbocycles. The number of hydrogen-bond acceptors (Lipinski definition) is 6. The Labute approximate surface area is 193 Å². The maximum absolute atomic E-state index is 12.4. The van der Waals surface area contributed by atoms with Crippen LogP contribution in [0.4, 0.5) is 5.69 Å². The molecule has 1 saturated heterocycles. The number of aromatic hydroxyl groups is 1. The minimum atomic E-state index is -0.309. The molecular weight excluding hydrogens is 416 g/mol. The summed E-state index contributed by atoms with van der Waals surface area (Å²) in [5, 5.41) is 14.0. The average Bonchev–Trinajstić information content (AvgIpc) is 2.86. The molecule has 0 spiro atoms. The van der Waals surface area contributed by atoms with Crippen molar-refractivity contribution in [1.82, 2.24) is 10.3 Å². The van der Waals surface area contributed by atoms with Crippen molar-refractivity contribution in [2.75, 3.05) is 38.2 Å². The molecule has 7 nitrogen and oxygen atoms in total. The molecular formula is C26H28N4O3. The van der Waals surface area contributed by atoms with Gasteiger partial charge in [0.25, 0.3) is 5.91 Å². The van der Waals surface area contributed by atoms with Crippen molar-refractivity contribution in [3.63, 3.8) is 0 Å². The van der Waals surface area contributed by atoms with Crippen LogP contribution >= 0.6 is 0 Å². The van der Waals surface area contributed by atoms with E-state index < -0.39 is 0 Å². The number of carbonyl (C=O) groups is 1. The van der Waals surface area contributed by atoms with Gasteiger partial charge >= 0.3 is 0 Å². The Bertz CT molecular complexity index is 1090. The van der Waals surface area contributed by atoms with Crippen LogP contribution < -0.4 is 15.1 Å². The van der Waals surface area contributed by atoms with Crippen LogP contribution in [-0.2, 0) is 6.54 Å². The van der Waals surface area contributed by atoms with E-state index >= 15 is 0 Å². The van der Waals surface area contributed by atoms with Gasteiger partial charge in [-0.1, -0.05) is 36.4 Å². The van der Waals surface area contributed by atoms with Crippen LogP contribution in [0, 0.1) is 0 Å². The summed E-state index contributed by atoms with van der Waals surface area (Å²) in [5.41, 5.74) is 5.93. The standard InChI is InChI=1S/C26H28N4O3/c1-33-24-9-5-6-22(25(24)31)18-27-28-26(32)21-12-10-20(11-13-21)19-29-14-16-30(17-15-29)23-7-3-2-4-8-23/h2-13,18,31H,14-17,19H2,1H3,(H,28,32). The molecule has 1 aliphatic heterocycles. The van der Waals surface area contributed by atoms with Gasteiger partial charge < -0.3 is 14.7 Å². The van der Waals surface area contributed by atoms with Crippen LogP contribution in [0.3, 0.4) is 0 Å². The van der Waals surface area contributed by atoms with Crippen LogP contribution in [0.15, 0.2) is 77.9 Å². The number of phenols is 1.